The second kappa shape index (κ2) is 5.25. The Balaban J connectivity index is 2.40. The van der Waals surface area contributed by atoms with Crippen LogP contribution in [0.1, 0.15) is 20.8 Å². The molecule has 1 aromatic rings. The molecule has 0 unspecified atom stereocenters. The summed E-state index contributed by atoms with van der Waals surface area (Å²) < 4.78 is 10.8. The first-order valence-corrected chi connectivity index (χ1v) is 5.48. The Bertz CT molecular complexity index is 359. The quantitative estimate of drug-likeness (QED) is 0.796. The van der Waals surface area contributed by atoms with E-state index in [1.165, 1.54) is 12.4 Å². The van der Waals surface area contributed by atoms with Crippen LogP contribution in [0, 0.1) is 0 Å². The summed E-state index contributed by atoms with van der Waals surface area (Å²) in [7, 11) is 0. The molecule has 16 heavy (non-hydrogen) atoms. The molecule has 88 valence electrons. The Labute approximate surface area is 102 Å². The molecular formula is C10H13BrN2O3. The molecule has 0 spiro atoms. The second-order valence-electron chi connectivity index (χ2n) is 4.05. The molecule has 1 aromatic heterocycles. The molecule has 5 nitrogen and oxygen atoms in total. The minimum absolute atomic E-state index is 0.173. The van der Waals surface area contributed by atoms with E-state index < -0.39 is 11.6 Å². The molecule has 1 heterocycles. The van der Waals surface area contributed by atoms with Crippen LogP contribution in [0.4, 0.5) is 0 Å². The summed E-state index contributed by atoms with van der Waals surface area (Å²) in [6.45, 7) is 5.21. The summed E-state index contributed by atoms with van der Waals surface area (Å²) in [4.78, 5) is 19.1. The predicted molar refractivity (Wildman–Crippen MR) is 61.1 cm³/mol. The molecule has 0 amide bonds. The van der Waals surface area contributed by atoms with Gasteiger partial charge in [0.05, 0.1) is 12.4 Å². The first-order chi connectivity index (χ1) is 7.37. The van der Waals surface area contributed by atoms with Crippen LogP contribution >= 0.6 is 15.9 Å². The van der Waals surface area contributed by atoms with Crippen LogP contribution in [-0.4, -0.2) is 28.1 Å². The fraction of sp³-hybridized carbons (Fsp3) is 0.500. The van der Waals surface area contributed by atoms with Gasteiger partial charge in [0, 0.05) is 0 Å². The molecule has 0 aliphatic heterocycles. The van der Waals surface area contributed by atoms with Gasteiger partial charge in [0.15, 0.2) is 6.61 Å². The zero-order valence-corrected chi connectivity index (χ0v) is 10.9. The van der Waals surface area contributed by atoms with Crippen LogP contribution in [0.3, 0.4) is 0 Å². The van der Waals surface area contributed by atoms with Crippen molar-refractivity contribution in [1.82, 2.24) is 9.97 Å². The van der Waals surface area contributed by atoms with Crippen molar-refractivity contribution in [1.29, 1.82) is 0 Å². The molecule has 0 saturated carbocycles. The molecule has 0 aliphatic carbocycles. The number of aromatic nitrogens is 2. The number of hydrogen-bond acceptors (Lipinski definition) is 5. The van der Waals surface area contributed by atoms with Crippen molar-refractivity contribution in [3.8, 4) is 5.88 Å². The lowest BCUT2D eigenvalue weighted by Crippen LogP contribution is -2.27. The lowest BCUT2D eigenvalue weighted by atomic mass is 10.2. The largest absolute Gasteiger partial charge is 0.465 e. The molecule has 0 saturated heterocycles. The summed E-state index contributed by atoms with van der Waals surface area (Å²) in [6, 6.07) is 0. The van der Waals surface area contributed by atoms with Gasteiger partial charge in [0.1, 0.15) is 10.2 Å². The number of hydrogen-bond donors (Lipinski definition) is 0. The molecule has 1 rings (SSSR count). The average Bonchev–Trinajstić information content (AvgIpc) is 2.14. The molecule has 0 fully saturated rings. The van der Waals surface area contributed by atoms with Gasteiger partial charge >= 0.3 is 5.97 Å². The van der Waals surface area contributed by atoms with E-state index >= 15 is 0 Å². The molecule has 0 aromatic carbocycles. The molecule has 6 heteroatoms. The molecule has 0 atom stereocenters. The van der Waals surface area contributed by atoms with E-state index in [1.54, 1.807) is 20.8 Å². The van der Waals surface area contributed by atoms with Gasteiger partial charge < -0.3 is 9.47 Å². The van der Waals surface area contributed by atoms with Crippen molar-refractivity contribution in [3.05, 3.63) is 17.0 Å². The maximum atomic E-state index is 11.3. The highest BCUT2D eigenvalue weighted by Gasteiger charge is 2.16. The van der Waals surface area contributed by atoms with Crippen LogP contribution in [0.2, 0.25) is 0 Å². The summed E-state index contributed by atoms with van der Waals surface area (Å²) in [5.41, 5.74) is -0.508. The fourth-order valence-corrected chi connectivity index (χ4v) is 1.08. The monoisotopic (exact) mass is 288 g/mol. The zero-order valence-electron chi connectivity index (χ0n) is 9.36. The summed E-state index contributed by atoms with van der Waals surface area (Å²) in [6.07, 6.45) is 2.92. The van der Waals surface area contributed by atoms with E-state index in [2.05, 4.69) is 25.9 Å². The van der Waals surface area contributed by atoms with Gasteiger partial charge in [-0.05, 0) is 36.7 Å². The Hall–Kier alpha value is -1.17. The van der Waals surface area contributed by atoms with E-state index in [4.69, 9.17) is 9.47 Å². The topological polar surface area (TPSA) is 61.3 Å². The van der Waals surface area contributed by atoms with E-state index in [0.717, 1.165) is 0 Å². The van der Waals surface area contributed by atoms with Crippen LogP contribution in [0.5, 0.6) is 5.88 Å². The van der Waals surface area contributed by atoms with Crippen molar-refractivity contribution in [3.63, 3.8) is 0 Å². The number of ether oxygens (including phenoxy) is 2. The van der Waals surface area contributed by atoms with Gasteiger partial charge in [-0.25, -0.2) is 14.8 Å². The third-order valence-electron chi connectivity index (χ3n) is 1.35. The van der Waals surface area contributed by atoms with E-state index in [-0.39, 0.29) is 12.5 Å². The molecule has 0 radical (unpaired) electrons. The Morgan fingerprint density at radius 2 is 2.06 bits per heavy atom. The minimum atomic E-state index is -0.508. The lowest BCUT2D eigenvalue weighted by Gasteiger charge is -2.19. The highest BCUT2D eigenvalue weighted by Crippen LogP contribution is 2.10. The molecular weight excluding hydrogens is 276 g/mol. The normalized spacial score (nSPS) is 11.0. The van der Waals surface area contributed by atoms with Crippen molar-refractivity contribution >= 4 is 21.9 Å². The third kappa shape index (κ3) is 5.06. The van der Waals surface area contributed by atoms with Crippen molar-refractivity contribution < 1.29 is 14.3 Å². The SMILES string of the molecule is CC(C)(C)OC(=O)COc1cnc(Br)cn1. The van der Waals surface area contributed by atoms with Crippen molar-refractivity contribution in [2.24, 2.45) is 0 Å². The first-order valence-electron chi connectivity index (χ1n) is 4.69. The average molecular weight is 289 g/mol. The maximum absolute atomic E-state index is 11.3. The number of rotatable bonds is 3. The number of nitrogens with zero attached hydrogens (tertiary/aromatic N) is 2. The van der Waals surface area contributed by atoms with Gasteiger partial charge in [0.25, 0.3) is 0 Å². The number of carbonyl (C=O) groups excluding carboxylic acids is 1. The van der Waals surface area contributed by atoms with E-state index in [9.17, 15) is 4.79 Å². The standard InChI is InChI=1S/C10H13BrN2O3/c1-10(2,3)16-9(14)6-15-8-5-12-7(11)4-13-8/h4-5H,6H2,1-3H3. The second-order valence-corrected chi connectivity index (χ2v) is 4.86. The molecule has 0 bridgehead atoms. The highest BCUT2D eigenvalue weighted by atomic mass is 79.9. The smallest absolute Gasteiger partial charge is 0.344 e. The maximum Gasteiger partial charge on any atom is 0.344 e. The third-order valence-corrected chi connectivity index (χ3v) is 1.76. The van der Waals surface area contributed by atoms with E-state index in [0.29, 0.717) is 4.60 Å². The summed E-state index contributed by atoms with van der Waals surface area (Å²) >= 11 is 3.14. The van der Waals surface area contributed by atoms with Crippen LogP contribution < -0.4 is 4.74 Å². The molecule has 0 aliphatic rings. The predicted octanol–water partition coefficient (Wildman–Crippen LogP) is 1.96. The minimum Gasteiger partial charge on any atom is -0.465 e. The number of halogens is 1. The fourth-order valence-electron chi connectivity index (χ4n) is 0.879. The van der Waals surface area contributed by atoms with Crippen LogP contribution in [0.15, 0.2) is 17.0 Å². The lowest BCUT2D eigenvalue weighted by molar-refractivity contribution is -0.157. The zero-order chi connectivity index (χ0) is 12.2. The Morgan fingerprint density at radius 1 is 1.38 bits per heavy atom. The van der Waals surface area contributed by atoms with Gasteiger partial charge in [-0.2, -0.15) is 0 Å². The van der Waals surface area contributed by atoms with Crippen LogP contribution in [-0.2, 0) is 9.53 Å². The first kappa shape index (κ1) is 12.9. The highest BCUT2D eigenvalue weighted by molar-refractivity contribution is 9.10. The summed E-state index contributed by atoms with van der Waals surface area (Å²) in [5.74, 6) is -0.147. The summed E-state index contributed by atoms with van der Waals surface area (Å²) in [5, 5.41) is 0. The molecule has 0 N–H and O–H groups in total. The number of esters is 1. The van der Waals surface area contributed by atoms with Gasteiger partial charge in [-0.3, -0.25) is 0 Å². The Kier molecular flexibility index (Phi) is 4.23. The van der Waals surface area contributed by atoms with E-state index in [1.807, 2.05) is 0 Å². The van der Waals surface area contributed by atoms with Crippen molar-refractivity contribution in [2.45, 2.75) is 26.4 Å². The Morgan fingerprint density at radius 3 is 2.56 bits per heavy atom. The van der Waals surface area contributed by atoms with Gasteiger partial charge in [-0.1, -0.05) is 0 Å². The van der Waals surface area contributed by atoms with Gasteiger partial charge in [-0.15, -0.1) is 0 Å². The number of carbonyl (C=O) groups is 1. The van der Waals surface area contributed by atoms with Crippen LogP contribution in [0.25, 0.3) is 0 Å². The van der Waals surface area contributed by atoms with Gasteiger partial charge in [0.2, 0.25) is 5.88 Å². The van der Waals surface area contributed by atoms with Crippen molar-refractivity contribution in [2.75, 3.05) is 6.61 Å².